The zero-order chi connectivity index (χ0) is 18.1. The summed E-state index contributed by atoms with van der Waals surface area (Å²) in [6, 6.07) is 15.2. The highest BCUT2D eigenvalue weighted by molar-refractivity contribution is 5.97. The van der Waals surface area contributed by atoms with Crippen molar-refractivity contribution >= 4 is 17.3 Å². The maximum atomic E-state index is 12.7. The molecule has 1 unspecified atom stereocenters. The summed E-state index contributed by atoms with van der Waals surface area (Å²) < 4.78 is 1.50. The van der Waals surface area contributed by atoms with Crippen LogP contribution in [0.15, 0.2) is 65.7 Å². The number of hydrogen-bond donors (Lipinski definition) is 2. The Hall–Kier alpha value is -3.28. The van der Waals surface area contributed by atoms with Crippen molar-refractivity contribution in [3.63, 3.8) is 0 Å². The third-order valence-electron chi connectivity index (χ3n) is 4.81. The van der Waals surface area contributed by atoms with Crippen LogP contribution in [0.4, 0.5) is 11.4 Å². The van der Waals surface area contributed by atoms with Gasteiger partial charge >= 0.3 is 5.69 Å². The molecule has 0 bridgehead atoms. The molecule has 4 rings (SSSR count). The number of aromatic nitrogens is 2. The summed E-state index contributed by atoms with van der Waals surface area (Å²) in [7, 11) is 0. The molecule has 1 aliphatic rings. The molecule has 0 saturated carbocycles. The summed E-state index contributed by atoms with van der Waals surface area (Å²) in [4.78, 5) is 29.2. The summed E-state index contributed by atoms with van der Waals surface area (Å²) in [5, 5.41) is 2.97. The second-order valence-electron chi connectivity index (χ2n) is 6.42. The summed E-state index contributed by atoms with van der Waals surface area (Å²) in [6.07, 6.45) is 4.20. The van der Waals surface area contributed by atoms with E-state index in [4.69, 9.17) is 0 Å². The van der Waals surface area contributed by atoms with E-state index < -0.39 is 0 Å². The van der Waals surface area contributed by atoms with Gasteiger partial charge in [0.2, 0.25) is 5.91 Å². The van der Waals surface area contributed by atoms with Gasteiger partial charge in [-0.25, -0.2) is 4.79 Å². The molecule has 1 atom stereocenters. The molecule has 2 heterocycles. The van der Waals surface area contributed by atoms with Gasteiger partial charge in [0, 0.05) is 30.3 Å². The molecular weight excluding hydrogens is 328 g/mol. The molecule has 26 heavy (non-hydrogen) atoms. The Bertz CT molecular complexity index is 1000. The zero-order valence-electron chi connectivity index (χ0n) is 14.5. The van der Waals surface area contributed by atoms with Gasteiger partial charge < -0.3 is 15.2 Å². The monoisotopic (exact) mass is 348 g/mol. The molecule has 1 amide bonds. The van der Waals surface area contributed by atoms with Crippen LogP contribution in [-0.2, 0) is 11.2 Å². The van der Waals surface area contributed by atoms with Crippen molar-refractivity contribution < 1.29 is 4.79 Å². The van der Waals surface area contributed by atoms with Crippen LogP contribution in [0.5, 0.6) is 0 Å². The Kier molecular flexibility index (Phi) is 4.08. The van der Waals surface area contributed by atoms with Crippen LogP contribution in [0.3, 0.4) is 0 Å². The topological polar surface area (TPSA) is 70.1 Å². The predicted octanol–water partition coefficient (Wildman–Crippen LogP) is 2.56. The molecule has 0 saturated heterocycles. The fraction of sp³-hybridized carbons (Fsp3) is 0.200. The second kappa shape index (κ2) is 6.55. The van der Waals surface area contributed by atoms with Gasteiger partial charge in [-0.3, -0.25) is 9.36 Å². The first-order valence-electron chi connectivity index (χ1n) is 8.65. The van der Waals surface area contributed by atoms with Gasteiger partial charge in [-0.15, -0.1) is 0 Å². The van der Waals surface area contributed by atoms with Crippen molar-refractivity contribution in [1.82, 2.24) is 9.55 Å². The molecule has 6 nitrogen and oxygen atoms in total. The minimum atomic E-state index is -0.280. The summed E-state index contributed by atoms with van der Waals surface area (Å²) in [5.41, 5.74) is 3.56. The fourth-order valence-electron chi connectivity index (χ4n) is 3.41. The highest BCUT2D eigenvalue weighted by Crippen LogP contribution is 2.29. The van der Waals surface area contributed by atoms with Crippen LogP contribution in [0.1, 0.15) is 12.5 Å². The molecular formula is C20H20N4O2. The van der Waals surface area contributed by atoms with Crippen molar-refractivity contribution in [2.75, 3.05) is 16.8 Å². The Morgan fingerprint density at radius 1 is 1.19 bits per heavy atom. The zero-order valence-corrected chi connectivity index (χ0v) is 14.5. The highest BCUT2D eigenvalue weighted by Gasteiger charge is 2.27. The van der Waals surface area contributed by atoms with E-state index in [0.29, 0.717) is 11.4 Å². The number of H-pyrrole nitrogens is 1. The van der Waals surface area contributed by atoms with Crippen LogP contribution in [0.2, 0.25) is 0 Å². The standard InChI is InChI=1S/C20H20N4O2/c1-14(23-11-9-15-5-2-3-8-18(15)23)19(25)22-16-6-4-7-17(13-16)24-12-10-21-20(24)26/h2-8,10,12-14H,9,11H2,1H3,(H,21,26)(H,22,25). The quantitative estimate of drug-likeness (QED) is 0.761. The lowest BCUT2D eigenvalue weighted by atomic mass is 10.1. The molecule has 0 aliphatic carbocycles. The SMILES string of the molecule is CC(C(=O)Nc1cccc(-n2cc[nH]c2=O)c1)N1CCc2ccccc21. The summed E-state index contributed by atoms with van der Waals surface area (Å²) in [6.45, 7) is 2.75. The second-order valence-corrected chi connectivity index (χ2v) is 6.42. The lowest BCUT2D eigenvalue weighted by molar-refractivity contribution is -0.117. The number of nitrogens with one attached hydrogen (secondary N) is 2. The van der Waals surface area contributed by atoms with Gasteiger partial charge in [0.15, 0.2) is 0 Å². The largest absolute Gasteiger partial charge is 0.359 e. The summed E-state index contributed by atoms with van der Waals surface area (Å²) >= 11 is 0. The maximum Gasteiger partial charge on any atom is 0.330 e. The van der Waals surface area contributed by atoms with Gasteiger partial charge in [0.25, 0.3) is 0 Å². The smallest absolute Gasteiger partial charge is 0.330 e. The Balaban J connectivity index is 1.52. The molecule has 2 aromatic carbocycles. The van der Waals surface area contributed by atoms with E-state index in [9.17, 15) is 9.59 Å². The molecule has 0 spiro atoms. The van der Waals surface area contributed by atoms with Crippen molar-refractivity contribution in [1.29, 1.82) is 0 Å². The maximum absolute atomic E-state index is 12.7. The predicted molar refractivity (Wildman–Crippen MR) is 102 cm³/mol. The number of nitrogens with zero attached hydrogens (tertiary/aromatic N) is 2. The van der Waals surface area contributed by atoms with E-state index in [1.807, 2.05) is 37.3 Å². The minimum absolute atomic E-state index is 0.0692. The van der Waals surface area contributed by atoms with Crippen molar-refractivity contribution in [3.8, 4) is 5.69 Å². The number of benzene rings is 2. The van der Waals surface area contributed by atoms with Gasteiger partial charge in [0.05, 0.1) is 5.69 Å². The molecule has 132 valence electrons. The van der Waals surface area contributed by atoms with Crippen LogP contribution >= 0.6 is 0 Å². The average molecular weight is 348 g/mol. The first kappa shape index (κ1) is 16.2. The number of imidazole rings is 1. The van der Waals surface area contributed by atoms with Crippen LogP contribution in [-0.4, -0.2) is 28.0 Å². The molecule has 6 heteroatoms. The third kappa shape index (κ3) is 2.90. The fourth-order valence-corrected chi connectivity index (χ4v) is 3.41. The average Bonchev–Trinajstić information content (AvgIpc) is 3.27. The summed E-state index contributed by atoms with van der Waals surface area (Å²) in [5.74, 6) is -0.0692. The highest BCUT2D eigenvalue weighted by atomic mass is 16.2. The van der Waals surface area contributed by atoms with E-state index >= 15 is 0 Å². The van der Waals surface area contributed by atoms with Crippen molar-refractivity contribution in [2.24, 2.45) is 0 Å². The molecule has 0 fully saturated rings. The van der Waals surface area contributed by atoms with E-state index in [0.717, 1.165) is 18.7 Å². The Morgan fingerprint density at radius 2 is 2.04 bits per heavy atom. The minimum Gasteiger partial charge on any atom is -0.359 e. The van der Waals surface area contributed by atoms with Crippen LogP contribution in [0.25, 0.3) is 5.69 Å². The first-order chi connectivity index (χ1) is 12.6. The number of para-hydroxylation sites is 1. The third-order valence-corrected chi connectivity index (χ3v) is 4.81. The van der Waals surface area contributed by atoms with E-state index in [-0.39, 0.29) is 17.6 Å². The normalized spacial score (nSPS) is 14.1. The Labute approximate surface area is 151 Å². The molecule has 3 aromatic rings. The van der Waals surface area contributed by atoms with Crippen LogP contribution in [0, 0.1) is 0 Å². The number of carbonyl (C=O) groups is 1. The lowest BCUT2D eigenvalue weighted by Gasteiger charge is -2.26. The molecule has 2 N–H and O–H groups in total. The van der Waals surface area contributed by atoms with Crippen molar-refractivity contribution in [3.05, 3.63) is 77.0 Å². The number of aromatic amines is 1. The van der Waals surface area contributed by atoms with Gasteiger partial charge in [-0.2, -0.15) is 0 Å². The van der Waals surface area contributed by atoms with Crippen molar-refractivity contribution in [2.45, 2.75) is 19.4 Å². The molecule has 1 aliphatic heterocycles. The van der Waals surface area contributed by atoms with E-state index in [2.05, 4.69) is 27.3 Å². The lowest BCUT2D eigenvalue weighted by Crippen LogP contribution is -2.41. The van der Waals surface area contributed by atoms with E-state index in [1.165, 1.54) is 10.1 Å². The number of amides is 1. The molecule has 1 aromatic heterocycles. The number of fused-ring (bicyclic) bond motifs is 1. The number of rotatable bonds is 4. The van der Waals surface area contributed by atoms with E-state index in [1.54, 1.807) is 18.5 Å². The molecule has 0 radical (unpaired) electrons. The van der Waals surface area contributed by atoms with Gasteiger partial charge in [-0.1, -0.05) is 24.3 Å². The van der Waals surface area contributed by atoms with Crippen LogP contribution < -0.4 is 15.9 Å². The van der Waals surface area contributed by atoms with Gasteiger partial charge in [-0.05, 0) is 43.2 Å². The first-order valence-corrected chi connectivity index (χ1v) is 8.65. The number of carbonyl (C=O) groups excluding carboxylic acids is 1. The van der Waals surface area contributed by atoms with Gasteiger partial charge in [0.1, 0.15) is 6.04 Å². The number of hydrogen-bond acceptors (Lipinski definition) is 3. The number of anilines is 2. The Morgan fingerprint density at radius 3 is 2.85 bits per heavy atom.